The molecule has 7 nitrogen and oxygen atoms in total. The van der Waals surface area contributed by atoms with E-state index in [4.69, 9.17) is 16.3 Å². The monoisotopic (exact) mass is 443 g/mol. The minimum Gasteiger partial charge on any atom is -0.497 e. The van der Waals surface area contributed by atoms with E-state index in [-0.39, 0.29) is 5.78 Å². The predicted molar refractivity (Wildman–Crippen MR) is 122 cm³/mol. The molecule has 0 spiro atoms. The topological polar surface area (TPSA) is 74.8 Å². The second-order valence-electron chi connectivity index (χ2n) is 7.28. The lowest BCUT2D eigenvalue weighted by atomic mass is 10.1. The van der Waals surface area contributed by atoms with Crippen molar-refractivity contribution in [1.29, 1.82) is 0 Å². The van der Waals surface area contributed by atoms with Gasteiger partial charge in [0, 0.05) is 40.4 Å². The molecule has 0 radical (unpaired) electrons. The quantitative estimate of drug-likeness (QED) is 0.360. The molecule has 0 unspecified atom stereocenters. The number of nitrogens with zero attached hydrogens (tertiary/aromatic N) is 5. The van der Waals surface area contributed by atoms with Crippen molar-refractivity contribution in [2.75, 3.05) is 7.11 Å². The van der Waals surface area contributed by atoms with Gasteiger partial charge in [-0.1, -0.05) is 23.7 Å². The third-order valence-corrected chi connectivity index (χ3v) is 5.53. The van der Waals surface area contributed by atoms with Crippen LogP contribution in [0.25, 0.3) is 16.6 Å². The number of fused-ring (bicyclic) bond motifs is 1. The Morgan fingerprint density at radius 3 is 2.62 bits per heavy atom. The van der Waals surface area contributed by atoms with Crippen molar-refractivity contribution in [3.05, 3.63) is 101 Å². The number of aromatic nitrogens is 5. The van der Waals surface area contributed by atoms with Crippen LogP contribution in [-0.4, -0.2) is 37.4 Å². The van der Waals surface area contributed by atoms with Crippen molar-refractivity contribution in [2.24, 2.45) is 0 Å². The SMILES string of the molecule is COc1ccc2c(c1)c(C(=O)c1cnn(-c3ccnnc3)c1)cn2Cc1ccc(Cl)cc1. The van der Waals surface area contributed by atoms with Crippen LogP contribution < -0.4 is 4.74 Å². The molecule has 5 aromatic rings. The summed E-state index contributed by atoms with van der Waals surface area (Å²) >= 11 is 6.02. The van der Waals surface area contributed by atoms with E-state index in [2.05, 4.69) is 19.9 Å². The number of carbonyl (C=O) groups is 1. The first-order valence-electron chi connectivity index (χ1n) is 9.90. The van der Waals surface area contributed by atoms with Gasteiger partial charge in [0.25, 0.3) is 0 Å². The minimum absolute atomic E-state index is 0.119. The van der Waals surface area contributed by atoms with Gasteiger partial charge in [0.05, 0.1) is 37.0 Å². The van der Waals surface area contributed by atoms with Crippen molar-refractivity contribution in [3.63, 3.8) is 0 Å². The van der Waals surface area contributed by atoms with Gasteiger partial charge < -0.3 is 9.30 Å². The Bertz CT molecular complexity index is 1410. The smallest absolute Gasteiger partial charge is 0.198 e. The third kappa shape index (κ3) is 3.74. The summed E-state index contributed by atoms with van der Waals surface area (Å²) in [4.78, 5) is 13.5. The number of methoxy groups -OCH3 is 1. The van der Waals surface area contributed by atoms with Crippen molar-refractivity contribution in [1.82, 2.24) is 24.5 Å². The zero-order valence-electron chi connectivity index (χ0n) is 17.1. The summed E-state index contributed by atoms with van der Waals surface area (Å²) in [7, 11) is 1.61. The first-order chi connectivity index (χ1) is 15.6. The lowest BCUT2D eigenvalue weighted by Crippen LogP contribution is -2.01. The molecule has 2 aromatic carbocycles. The molecule has 32 heavy (non-hydrogen) atoms. The van der Waals surface area contributed by atoms with Gasteiger partial charge in [-0.05, 0) is 42.0 Å². The average molecular weight is 444 g/mol. The summed E-state index contributed by atoms with van der Waals surface area (Å²) in [5, 5.41) is 13.5. The van der Waals surface area contributed by atoms with E-state index in [1.807, 2.05) is 48.7 Å². The maximum Gasteiger partial charge on any atom is 0.198 e. The highest BCUT2D eigenvalue weighted by Crippen LogP contribution is 2.29. The lowest BCUT2D eigenvalue weighted by molar-refractivity contribution is 0.104. The van der Waals surface area contributed by atoms with E-state index < -0.39 is 0 Å². The molecule has 3 heterocycles. The first kappa shape index (κ1) is 20.0. The maximum atomic E-state index is 13.5. The van der Waals surface area contributed by atoms with Gasteiger partial charge in [-0.2, -0.15) is 15.3 Å². The normalized spacial score (nSPS) is 11.1. The van der Waals surface area contributed by atoms with Crippen LogP contribution in [0, 0.1) is 0 Å². The van der Waals surface area contributed by atoms with E-state index in [0.29, 0.717) is 28.4 Å². The first-order valence-corrected chi connectivity index (χ1v) is 10.3. The molecule has 0 amide bonds. The fraction of sp³-hybridized carbons (Fsp3) is 0.0833. The molecule has 3 aromatic heterocycles. The van der Waals surface area contributed by atoms with E-state index >= 15 is 0 Å². The van der Waals surface area contributed by atoms with Crippen molar-refractivity contribution in [3.8, 4) is 11.4 Å². The number of benzene rings is 2. The molecular formula is C24H18ClN5O2. The van der Waals surface area contributed by atoms with Crippen LogP contribution in [0.1, 0.15) is 21.5 Å². The van der Waals surface area contributed by atoms with Gasteiger partial charge in [-0.3, -0.25) is 4.79 Å². The number of ether oxygens (including phenoxy) is 1. The number of hydrogen-bond donors (Lipinski definition) is 0. The Balaban J connectivity index is 1.56. The molecule has 8 heteroatoms. The number of hydrogen-bond acceptors (Lipinski definition) is 5. The molecule has 0 N–H and O–H groups in total. The maximum absolute atomic E-state index is 13.5. The van der Waals surface area contributed by atoms with Gasteiger partial charge in [-0.25, -0.2) is 4.68 Å². The summed E-state index contributed by atoms with van der Waals surface area (Å²) in [5.41, 5.74) is 3.82. The number of carbonyl (C=O) groups excluding carboxylic acids is 1. The molecule has 0 aliphatic heterocycles. The van der Waals surface area contributed by atoms with Crippen molar-refractivity contribution < 1.29 is 9.53 Å². The highest BCUT2D eigenvalue weighted by Gasteiger charge is 2.19. The summed E-state index contributed by atoms with van der Waals surface area (Å²) < 4.78 is 9.07. The van der Waals surface area contributed by atoms with Crippen LogP contribution >= 0.6 is 11.6 Å². The van der Waals surface area contributed by atoms with Crippen LogP contribution in [-0.2, 0) is 6.54 Å². The Labute approximate surface area is 188 Å². The van der Waals surface area contributed by atoms with Crippen LogP contribution in [0.3, 0.4) is 0 Å². The number of rotatable bonds is 6. The fourth-order valence-corrected chi connectivity index (χ4v) is 3.78. The fourth-order valence-electron chi connectivity index (χ4n) is 3.66. The highest BCUT2D eigenvalue weighted by molar-refractivity contribution is 6.30. The van der Waals surface area contributed by atoms with Crippen molar-refractivity contribution in [2.45, 2.75) is 6.54 Å². The Morgan fingerprint density at radius 2 is 1.88 bits per heavy atom. The predicted octanol–water partition coefficient (Wildman–Crippen LogP) is 4.56. The lowest BCUT2D eigenvalue weighted by Gasteiger charge is -2.06. The zero-order chi connectivity index (χ0) is 22.1. The van der Waals surface area contributed by atoms with Crippen LogP contribution in [0.4, 0.5) is 0 Å². The summed E-state index contributed by atoms with van der Waals surface area (Å²) in [6.45, 7) is 0.606. The second kappa shape index (κ2) is 8.28. The van der Waals surface area contributed by atoms with Gasteiger partial charge in [0.15, 0.2) is 5.78 Å². The molecule has 158 valence electrons. The zero-order valence-corrected chi connectivity index (χ0v) is 17.9. The average Bonchev–Trinajstić information content (AvgIpc) is 3.46. The Kier molecular flexibility index (Phi) is 5.17. The van der Waals surface area contributed by atoms with E-state index in [9.17, 15) is 4.79 Å². The van der Waals surface area contributed by atoms with E-state index in [1.165, 1.54) is 0 Å². The molecule has 0 bridgehead atoms. The number of halogens is 1. The molecular weight excluding hydrogens is 426 g/mol. The summed E-state index contributed by atoms with van der Waals surface area (Å²) in [6, 6.07) is 15.2. The molecule has 0 fully saturated rings. The second-order valence-corrected chi connectivity index (χ2v) is 7.72. The van der Waals surface area contributed by atoms with E-state index in [0.717, 1.165) is 22.2 Å². The van der Waals surface area contributed by atoms with Crippen LogP contribution in [0.15, 0.2) is 79.5 Å². The van der Waals surface area contributed by atoms with Gasteiger partial charge in [-0.15, -0.1) is 0 Å². The van der Waals surface area contributed by atoms with Crippen LogP contribution in [0.2, 0.25) is 5.02 Å². The Hall–Kier alpha value is -3.97. The van der Waals surface area contributed by atoms with Gasteiger partial charge in [0.1, 0.15) is 5.75 Å². The number of ketones is 1. The molecule has 0 aliphatic rings. The summed E-state index contributed by atoms with van der Waals surface area (Å²) in [6.07, 6.45) is 8.30. The van der Waals surface area contributed by atoms with Crippen LogP contribution in [0.5, 0.6) is 5.75 Å². The third-order valence-electron chi connectivity index (χ3n) is 5.28. The van der Waals surface area contributed by atoms with Gasteiger partial charge in [0.2, 0.25) is 0 Å². The Morgan fingerprint density at radius 1 is 1.03 bits per heavy atom. The molecule has 0 saturated heterocycles. The minimum atomic E-state index is -0.119. The molecule has 0 aliphatic carbocycles. The van der Waals surface area contributed by atoms with E-state index in [1.54, 1.807) is 42.6 Å². The molecule has 0 atom stereocenters. The largest absolute Gasteiger partial charge is 0.497 e. The highest BCUT2D eigenvalue weighted by atomic mass is 35.5. The summed E-state index contributed by atoms with van der Waals surface area (Å²) in [5.74, 6) is 0.570. The van der Waals surface area contributed by atoms with Gasteiger partial charge >= 0.3 is 0 Å². The molecule has 5 rings (SSSR count). The standard InChI is InChI=1S/C24H18ClN5O2/c1-32-20-6-7-23-21(10-20)22(15-29(23)13-16-2-4-18(25)5-3-16)24(31)17-11-28-30(14-17)19-8-9-26-27-12-19/h2-12,14-15H,13H2,1H3. The van der Waals surface area contributed by atoms with Crippen molar-refractivity contribution >= 4 is 28.3 Å². The molecule has 0 saturated carbocycles.